The first-order valence-electron chi connectivity index (χ1n) is 16.2. The monoisotopic (exact) mass is 677 g/mol. The van der Waals surface area contributed by atoms with Crippen LogP contribution < -0.4 is 0 Å². The normalized spacial score (nSPS) is 11.3. The second kappa shape index (κ2) is 13.1. The van der Waals surface area contributed by atoms with Crippen LogP contribution in [0.15, 0.2) is 174 Å². The van der Waals surface area contributed by atoms with Crippen LogP contribution in [0.25, 0.3) is 77.0 Å². The van der Waals surface area contributed by atoms with E-state index in [0.717, 1.165) is 43.3 Å². The molecule has 0 spiro atoms. The zero-order valence-corrected chi connectivity index (χ0v) is 28.3. The first-order valence-corrected chi connectivity index (χ1v) is 17.9. The maximum absolute atomic E-state index is 5.15. The van der Waals surface area contributed by atoms with Crippen molar-refractivity contribution in [2.24, 2.45) is 0 Å². The molecule has 0 fully saturated rings. The van der Waals surface area contributed by atoms with Crippen LogP contribution in [-0.4, -0.2) is 24.9 Å². The number of hydrogen-bond acceptors (Lipinski definition) is 7. The fraction of sp³-hybridized carbons (Fsp3) is 0. The zero-order chi connectivity index (χ0) is 33.3. The van der Waals surface area contributed by atoms with Gasteiger partial charge in [0.2, 0.25) is 0 Å². The molecule has 236 valence electrons. The van der Waals surface area contributed by atoms with E-state index in [1.807, 2.05) is 91.1 Å². The summed E-state index contributed by atoms with van der Waals surface area (Å²) in [5, 5.41) is 2.38. The van der Waals surface area contributed by atoms with Gasteiger partial charge in [-0.15, -0.1) is 11.3 Å². The molecule has 6 aromatic carbocycles. The molecule has 50 heavy (non-hydrogen) atoms. The van der Waals surface area contributed by atoms with E-state index in [1.54, 1.807) is 23.1 Å². The minimum absolute atomic E-state index is 0.648. The fourth-order valence-electron chi connectivity index (χ4n) is 6.00. The van der Waals surface area contributed by atoms with Gasteiger partial charge in [-0.25, -0.2) is 24.9 Å². The standard InChI is InChI=1S/C43H27N5S2/c1-5-13-28(14-6-1)40-44-27-38(49-33-19-11-4-12-20-33)39(45-40)31-22-24-36-35(25-31)34-23-21-32(26-37(34)50-36)43-47-41(29-15-7-2-8-16-29)46-42(48-43)30-17-9-3-10-18-30/h1-27H. The van der Waals surface area contributed by atoms with E-state index in [-0.39, 0.29) is 0 Å². The minimum atomic E-state index is 0.648. The number of hydrogen-bond donors (Lipinski definition) is 0. The van der Waals surface area contributed by atoms with Crippen LogP contribution in [0.2, 0.25) is 0 Å². The van der Waals surface area contributed by atoms with E-state index in [2.05, 4.69) is 72.8 Å². The predicted molar refractivity (Wildman–Crippen MR) is 206 cm³/mol. The van der Waals surface area contributed by atoms with Gasteiger partial charge in [0.25, 0.3) is 0 Å². The first-order chi connectivity index (χ1) is 24.7. The summed E-state index contributed by atoms with van der Waals surface area (Å²) in [5.74, 6) is 2.66. The number of rotatable bonds is 7. The topological polar surface area (TPSA) is 64.5 Å². The number of benzene rings is 6. The lowest BCUT2D eigenvalue weighted by molar-refractivity contribution is 1.07. The van der Waals surface area contributed by atoms with Crippen molar-refractivity contribution in [2.45, 2.75) is 9.79 Å². The van der Waals surface area contributed by atoms with Gasteiger partial charge in [-0.05, 0) is 30.3 Å². The van der Waals surface area contributed by atoms with Gasteiger partial charge >= 0.3 is 0 Å². The Labute approximate surface area is 297 Å². The summed E-state index contributed by atoms with van der Waals surface area (Å²) >= 11 is 3.45. The molecule has 0 aliphatic rings. The molecule has 0 saturated carbocycles. The average Bonchev–Trinajstić information content (AvgIpc) is 3.56. The van der Waals surface area contributed by atoms with Gasteiger partial charge in [0.05, 0.1) is 10.6 Å². The Kier molecular flexibility index (Phi) is 7.89. The van der Waals surface area contributed by atoms with E-state index in [9.17, 15) is 0 Å². The average molecular weight is 678 g/mol. The van der Waals surface area contributed by atoms with Crippen LogP contribution in [0.1, 0.15) is 0 Å². The molecule has 9 rings (SSSR count). The second-order valence-corrected chi connectivity index (χ2v) is 13.9. The molecule has 7 heteroatoms. The van der Waals surface area contributed by atoms with Gasteiger partial charge in [0.15, 0.2) is 23.3 Å². The van der Waals surface area contributed by atoms with Crippen molar-refractivity contribution in [3.05, 3.63) is 164 Å². The Morgan fingerprint density at radius 1 is 0.400 bits per heavy atom. The molecular weight excluding hydrogens is 651 g/mol. The van der Waals surface area contributed by atoms with Crippen molar-refractivity contribution in [3.63, 3.8) is 0 Å². The van der Waals surface area contributed by atoms with Crippen molar-refractivity contribution in [1.82, 2.24) is 24.9 Å². The number of nitrogens with zero attached hydrogens (tertiary/aromatic N) is 5. The third-order valence-electron chi connectivity index (χ3n) is 8.46. The Balaban J connectivity index is 1.15. The number of aromatic nitrogens is 5. The Bertz CT molecular complexity index is 2550. The molecule has 9 aromatic rings. The summed E-state index contributed by atoms with van der Waals surface area (Å²) < 4.78 is 2.38. The van der Waals surface area contributed by atoms with E-state index in [1.165, 1.54) is 20.2 Å². The summed E-state index contributed by atoms with van der Waals surface area (Å²) in [5.41, 5.74) is 5.81. The lowest BCUT2D eigenvalue weighted by Gasteiger charge is -2.11. The summed E-state index contributed by atoms with van der Waals surface area (Å²) in [6, 6.07) is 53.8. The summed E-state index contributed by atoms with van der Waals surface area (Å²) in [6.45, 7) is 0. The van der Waals surface area contributed by atoms with E-state index < -0.39 is 0 Å². The number of thiophene rings is 1. The third kappa shape index (κ3) is 5.94. The second-order valence-electron chi connectivity index (χ2n) is 11.7. The van der Waals surface area contributed by atoms with E-state index in [0.29, 0.717) is 23.3 Å². The predicted octanol–water partition coefficient (Wildman–Crippen LogP) is 11.5. The fourth-order valence-corrected chi connectivity index (χ4v) is 8.03. The molecule has 0 N–H and O–H groups in total. The van der Waals surface area contributed by atoms with E-state index in [4.69, 9.17) is 24.9 Å². The van der Waals surface area contributed by atoms with Crippen LogP contribution in [0.3, 0.4) is 0 Å². The smallest absolute Gasteiger partial charge is 0.164 e. The zero-order valence-electron chi connectivity index (χ0n) is 26.6. The van der Waals surface area contributed by atoms with Gasteiger partial charge in [-0.3, -0.25) is 0 Å². The van der Waals surface area contributed by atoms with Crippen LogP contribution >= 0.6 is 23.1 Å². The van der Waals surface area contributed by atoms with Crippen molar-refractivity contribution < 1.29 is 0 Å². The van der Waals surface area contributed by atoms with Crippen LogP contribution in [-0.2, 0) is 0 Å². The minimum Gasteiger partial charge on any atom is -0.235 e. The highest BCUT2D eigenvalue weighted by Crippen LogP contribution is 2.41. The first kappa shape index (κ1) is 30.1. The maximum Gasteiger partial charge on any atom is 0.164 e. The lowest BCUT2D eigenvalue weighted by atomic mass is 10.1. The highest BCUT2D eigenvalue weighted by molar-refractivity contribution is 7.99. The van der Waals surface area contributed by atoms with Crippen LogP contribution in [0, 0.1) is 0 Å². The highest BCUT2D eigenvalue weighted by atomic mass is 32.2. The maximum atomic E-state index is 5.15. The molecule has 3 heterocycles. The summed E-state index contributed by atoms with van der Waals surface area (Å²) in [4.78, 5) is 26.9. The molecule has 0 saturated heterocycles. The molecular formula is C43H27N5S2. The Hall–Kier alpha value is -6.02. The molecule has 3 aromatic heterocycles. The van der Waals surface area contributed by atoms with Crippen molar-refractivity contribution in [2.75, 3.05) is 0 Å². The molecule has 0 aliphatic carbocycles. The lowest BCUT2D eigenvalue weighted by Crippen LogP contribution is -1.99. The number of fused-ring (bicyclic) bond motifs is 3. The summed E-state index contributed by atoms with van der Waals surface area (Å²) in [6.07, 6.45) is 1.95. The third-order valence-corrected chi connectivity index (χ3v) is 10.6. The van der Waals surface area contributed by atoms with Crippen molar-refractivity contribution >= 4 is 43.3 Å². The quantitative estimate of drug-likeness (QED) is 0.167. The molecule has 0 bridgehead atoms. The van der Waals surface area contributed by atoms with Crippen molar-refractivity contribution in [1.29, 1.82) is 0 Å². The van der Waals surface area contributed by atoms with Gasteiger partial charge in [0.1, 0.15) is 0 Å². The molecule has 0 amide bonds. The van der Waals surface area contributed by atoms with Crippen LogP contribution in [0.5, 0.6) is 0 Å². The highest BCUT2D eigenvalue weighted by Gasteiger charge is 2.17. The SMILES string of the molecule is c1ccc(Sc2cnc(-c3ccccc3)nc2-c2ccc3sc4cc(-c5nc(-c6ccccc6)nc(-c6ccccc6)n5)ccc4c3c2)cc1. The van der Waals surface area contributed by atoms with Gasteiger partial charge in [-0.1, -0.05) is 139 Å². The van der Waals surface area contributed by atoms with Crippen molar-refractivity contribution in [3.8, 4) is 56.8 Å². The van der Waals surface area contributed by atoms with E-state index >= 15 is 0 Å². The van der Waals surface area contributed by atoms with Gasteiger partial charge < -0.3 is 0 Å². The molecule has 0 aliphatic heterocycles. The van der Waals surface area contributed by atoms with Gasteiger partial charge in [0, 0.05) is 59.1 Å². The summed E-state index contributed by atoms with van der Waals surface area (Å²) in [7, 11) is 0. The molecule has 0 unspecified atom stereocenters. The molecule has 0 radical (unpaired) electrons. The Morgan fingerprint density at radius 3 is 1.56 bits per heavy atom. The largest absolute Gasteiger partial charge is 0.235 e. The molecule has 0 atom stereocenters. The Morgan fingerprint density at radius 2 is 0.940 bits per heavy atom. The van der Waals surface area contributed by atoms with Crippen LogP contribution in [0.4, 0.5) is 0 Å². The van der Waals surface area contributed by atoms with Gasteiger partial charge in [-0.2, -0.15) is 0 Å². The molecule has 5 nitrogen and oxygen atoms in total.